The Kier molecular flexibility index (Phi) is 4.10. The number of nitro benzene ring substituents is 1. The number of ketones is 1. The monoisotopic (exact) mass is 311 g/mol. The zero-order valence-electron chi connectivity index (χ0n) is 12.8. The van der Waals surface area contributed by atoms with Gasteiger partial charge in [0.2, 0.25) is 0 Å². The van der Waals surface area contributed by atoms with E-state index in [0.29, 0.717) is 11.5 Å². The van der Waals surface area contributed by atoms with Gasteiger partial charge in [-0.15, -0.1) is 0 Å². The Labute approximate surface area is 133 Å². The maximum absolute atomic E-state index is 12.1. The molecule has 1 fully saturated rings. The summed E-state index contributed by atoms with van der Waals surface area (Å²) in [6.07, 6.45) is 4.57. The SMILES string of the molecule is C[C@H]1CCC/C(=C/c2ccc(-c3ccc([N+](=O)[O-])cc3)o2)C1=O. The molecule has 0 unspecified atom stereocenters. The Morgan fingerprint density at radius 3 is 2.65 bits per heavy atom. The van der Waals surface area contributed by atoms with Crippen molar-refractivity contribution in [2.75, 3.05) is 0 Å². The van der Waals surface area contributed by atoms with Crippen LogP contribution in [0.2, 0.25) is 0 Å². The van der Waals surface area contributed by atoms with Crippen LogP contribution < -0.4 is 0 Å². The van der Waals surface area contributed by atoms with Crippen molar-refractivity contribution >= 4 is 17.5 Å². The lowest BCUT2D eigenvalue weighted by Crippen LogP contribution is -2.18. The highest BCUT2D eigenvalue weighted by atomic mass is 16.6. The second-order valence-electron chi connectivity index (χ2n) is 5.83. The average Bonchev–Trinajstić information content (AvgIpc) is 3.00. The minimum absolute atomic E-state index is 0.0458. The Morgan fingerprint density at radius 1 is 1.22 bits per heavy atom. The topological polar surface area (TPSA) is 73.3 Å². The van der Waals surface area contributed by atoms with E-state index < -0.39 is 4.92 Å². The van der Waals surface area contributed by atoms with Gasteiger partial charge in [-0.05, 0) is 55.2 Å². The van der Waals surface area contributed by atoms with Crippen LogP contribution >= 0.6 is 0 Å². The summed E-state index contributed by atoms with van der Waals surface area (Å²) in [7, 11) is 0. The molecular formula is C18H17NO4. The number of allylic oxidation sites excluding steroid dienone is 1. The standard InChI is InChI=1S/C18H17NO4/c1-12-3-2-4-14(18(12)20)11-16-9-10-17(23-16)13-5-7-15(8-6-13)19(21)22/h5-12H,2-4H2,1H3/b14-11-/t12-/m0/s1. The molecule has 0 bridgehead atoms. The van der Waals surface area contributed by atoms with Gasteiger partial charge in [-0.2, -0.15) is 0 Å². The predicted molar refractivity (Wildman–Crippen MR) is 86.8 cm³/mol. The van der Waals surface area contributed by atoms with E-state index in [4.69, 9.17) is 4.42 Å². The largest absolute Gasteiger partial charge is 0.457 e. The summed E-state index contributed by atoms with van der Waals surface area (Å²) in [5, 5.41) is 10.7. The second kappa shape index (κ2) is 6.20. The number of carbonyl (C=O) groups excluding carboxylic acids is 1. The van der Waals surface area contributed by atoms with E-state index >= 15 is 0 Å². The van der Waals surface area contributed by atoms with Crippen molar-refractivity contribution in [1.29, 1.82) is 0 Å². The molecule has 1 saturated carbocycles. The van der Waals surface area contributed by atoms with Gasteiger partial charge in [-0.25, -0.2) is 0 Å². The number of non-ortho nitro benzene ring substituents is 1. The molecule has 0 aliphatic heterocycles. The number of benzene rings is 1. The molecule has 1 atom stereocenters. The average molecular weight is 311 g/mol. The van der Waals surface area contributed by atoms with E-state index in [-0.39, 0.29) is 17.4 Å². The van der Waals surface area contributed by atoms with Gasteiger partial charge in [-0.3, -0.25) is 14.9 Å². The van der Waals surface area contributed by atoms with Gasteiger partial charge in [-0.1, -0.05) is 6.92 Å². The predicted octanol–water partition coefficient (Wildman–Crippen LogP) is 4.63. The van der Waals surface area contributed by atoms with Crippen LogP contribution in [0.25, 0.3) is 17.4 Å². The number of Topliss-reactive ketones (excluding diaryl/α,β-unsaturated/α-hetero) is 1. The van der Waals surface area contributed by atoms with Crippen LogP contribution in [-0.4, -0.2) is 10.7 Å². The molecule has 1 aromatic heterocycles. The molecule has 0 N–H and O–H groups in total. The number of nitrogens with zero attached hydrogens (tertiary/aromatic N) is 1. The Balaban J connectivity index is 1.83. The van der Waals surface area contributed by atoms with Gasteiger partial charge in [0, 0.05) is 23.6 Å². The van der Waals surface area contributed by atoms with Crippen LogP contribution in [0, 0.1) is 16.0 Å². The molecule has 5 heteroatoms. The first-order valence-corrected chi connectivity index (χ1v) is 7.64. The summed E-state index contributed by atoms with van der Waals surface area (Å²) in [4.78, 5) is 22.4. The first-order valence-electron chi connectivity index (χ1n) is 7.64. The van der Waals surface area contributed by atoms with E-state index in [1.54, 1.807) is 12.1 Å². The third-order valence-corrected chi connectivity index (χ3v) is 4.15. The van der Waals surface area contributed by atoms with E-state index in [0.717, 1.165) is 30.4 Å². The van der Waals surface area contributed by atoms with E-state index in [1.807, 2.05) is 25.1 Å². The molecule has 118 valence electrons. The molecule has 2 aromatic rings. The van der Waals surface area contributed by atoms with Gasteiger partial charge in [0.25, 0.3) is 5.69 Å². The van der Waals surface area contributed by atoms with Crippen LogP contribution in [0.4, 0.5) is 5.69 Å². The Bertz CT molecular complexity index is 771. The molecule has 3 rings (SSSR count). The number of rotatable bonds is 3. The number of carbonyl (C=O) groups is 1. The van der Waals surface area contributed by atoms with Gasteiger partial charge >= 0.3 is 0 Å². The normalized spacial score (nSPS) is 20.0. The van der Waals surface area contributed by atoms with Crippen molar-refractivity contribution in [1.82, 2.24) is 0 Å². The third-order valence-electron chi connectivity index (χ3n) is 4.15. The van der Waals surface area contributed by atoms with Gasteiger partial charge in [0.15, 0.2) is 5.78 Å². The van der Waals surface area contributed by atoms with Crippen LogP contribution in [0.1, 0.15) is 31.9 Å². The number of hydrogen-bond acceptors (Lipinski definition) is 4. The molecule has 0 spiro atoms. The summed E-state index contributed by atoms with van der Waals surface area (Å²) in [5.74, 6) is 1.54. The molecular weight excluding hydrogens is 294 g/mol. The Hall–Kier alpha value is -2.69. The molecule has 1 aliphatic carbocycles. The van der Waals surface area contributed by atoms with Gasteiger partial charge in [0.1, 0.15) is 11.5 Å². The van der Waals surface area contributed by atoms with Crippen LogP contribution in [-0.2, 0) is 4.79 Å². The van der Waals surface area contributed by atoms with E-state index in [9.17, 15) is 14.9 Å². The Morgan fingerprint density at radius 2 is 1.96 bits per heavy atom. The lowest BCUT2D eigenvalue weighted by molar-refractivity contribution is -0.384. The summed E-state index contributed by atoms with van der Waals surface area (Å²) < 4.78 is 5.76. The minimum Gasteiger partial charge on any atom is -0.457 e. The smallest absolute Gasteiger partial charge is 0.269 e. The lowest BCUT2D eigenvalue weighted by Gasteiger charge is -2.18. The zero-order valence-corrected chi connectivity index (χ0v) is 12.8. The summed E-state index contributed by atoms with van der Waals surface area (Å²) in [6, 6.07) is 9.83. The first kappa shape index (κ1) is 15.2. The lowest BCUT2D eigenvalue weighted by atomic mass is 9.85. The fourth-order valence-corrected chi connectivity index (χ4v) is 2.82. The number of furan rings is 1. The van der Waals surface area contributed by atoms with Crippen molar-refractivity contribution in [3.8, 4) is 11.3 Å². The van der Waals surface area contributed by atoms with E-state index in [1.165, 1.54) is 12.1 Å². The van der Waals surface area contributed by atoms with Crippen LogP contribution in [0.15, 0.2) is 46.4 Å². The quantitative estimate of drug-likeness (QED) is 0.470. The van der Waals surface area contributed by atoms with Crippen LogP contribution in [0.5, 0.6) is 0 Å². The molecule has 5 nitrogen and oxygen atoms in total. The maximum atomic E-state index is 12.1. The van der Waals surface area contributed by atoms with Crippen molar-refractivity contribution in [2.45, 2.75) is 26.2 Å². The fourth-order valence-electron chi connectivity index (χ4n) is 2.82. The number of hydrogen-bond donors (Lipinski definition) is 0. The van der Waals surface area contributed by atoms with Crippen LogP contribution in [0.3, 0.4) is 0 Å². The molecule has 0 amide bonds. The molecule has 1 heterocycles. The zero-order chi connectivity index (χ0) is 16.4. The first-order chi connectivity index (χ1) is 11.0. The minimum atomic E-state index is -0.433. The van der Waals surface area contributed by atoms with Gasteiger partial charge in [0.05, 0.1) is 4.92 Å². The van der Waals surface area contributed by atoms with Crippen molar-refractivity contribution in [2.24, 2.45) is 5.92 Å². The molecule has 23 heavy (non-hydrogen) atoms. The maximum Gasteiger partial charge on any atom is 0.269 e. The third kappa shape index (κ3) is 3.23. The highest BCUT2D eigenvalue weighted by Crippen LogP contribution is 2.29. The summed E-state index contributed by atoms with van der Waals surface area (Å²) >= 11 is 0. The highest BCUT2D eigenvalue weighted by molar-refractivity contribution is 6.01. The van der Waals surface area contributed by atoms with E-state index in [2.05, 4.69) is 0 Å². The summed E-state index contributed by atoms with van der Waals surface area (Å²) in [6.45, 7) is 1.96. The number of nitro groups is 1. The highest BCUT2D eigenvalue weighted by Gasteiger charge is 2.22. The van der Waals surface area contributed by atoms with Gasteiger partial charge < -0.3 is 4.42 Å². The fraction of sp³-hybridized carbons (Fsp3) is 0.278. The molecule has 1 aliphatic rings. The second-order valence-corrected chi connectivity index (χ2v) is 5.83. The van der Waals surface area contributed by atoms with Crippen molar-refractivity contribution in [3.05, 3.63) is 57.8 Å². The molecule has 0 radical (unpaired) electrons. The van der Waals surface area contributed by atoms with Crippen molar-refractivity contribution in [3.63, 3.8) is 0 Å². The summed E-state index contributed by atoms with van der Waals surface area (Å²) in [5.41, 5.74) is 1.63. The molecule has 1 aromatic carbocycles. The van der Waals surface area contributed by atoms with Crippen molar-refractivity contribution < 1.29 is 14.1 Å². The molecule has 0 saturated heterocycles.